The molecule has 0 aliphatic carbocycles. The number of aliphatic hydroxyl groups excluding tert-OH is 1. The lowest BCUT2D eigenvalue weighted by Gasteiger charge is -2.24. The van der Waals surface area contributed by atoms with Crippen LogP contribution in [0.1, 0.15) is 44.4 Å². The first-order valence-electron chi connectivity index (χ1n) is 12.9. The zero-order valence-corrected chi connectivity index (χ0v) is 22.9. The topological polar surface area (TPSA) is 103 Å². The lowest BCUT2D eigenvalue weighted by atomic mass is 10.0. The molecule has 0 aliphatic heterocycles. The van der Waals surface area contributed by atoms with Crippen molar-refractivity contribution in [3.8, 4) is 11.5 Å². The highest BCUT2D eigenvalue weighted by molar-refractivity contribution is 5.82. The van der Waals surface area contributed by atoms with Crippen LogP contribution in [0, 0.1) is 0 Å². The second-order valence-electron chi connectivity index (χ2n) is 10.2. The zero-order valence-electron chi connectivity index (χ0n) is 22.9. The van der Waals surface area contributed by atoms with Gasteiger partial charge in [0.25, 0.3) is 0 Å². The number of alkyl carbamates (subject to hydrolysis) is 1. The predicted octanol–water partition coefficient (Wildman–Crippen LogP) is 5.20. The molecule has 0 unspecified atom stereocenters. The minimum absolute atomic E-state index is 0.108. The van der Waals surface area contributed by atoms with Crippen molar-refractivity contribution in [3.63, 3.8) is 0 Å². The molecule has 0 bridgehead atoms. The molecule has 0 radical (unpaired) electrons. The maximum atomic E-state index is 12.9. The number of benzene rings is 3. The summed E-state index contributed by atoms with van der Waals surface area (Å²) < 4.78 is 22.8. The Morgan fingerprint density at radius 1 is 0.821 bits per heavy atom. The summed E-state index contributed by atoms with van der Waals surface area (Å²) in [4.78, 5) is 25.4. The molecule has 8 heteroatoms. The first-order chi connectivity index (χ1) is 18.6. The fourth-order valence-electron chi connectivity index (χ4n) is 3.58. The van der Waals surface area contributed by atoms with Gasteiger partial charge in [-0.3, -0.25) is 0 Å². The van der Waals surface area contributed by atoms with E-state index in [0.29, 0.717) is 30.3 Å². The van der Waals surface area contributed by atoms with Crippen LogP contribution in [0.3, 0.4) is 0 Å². The Morgan fingerprint density at radius 2 is 1.38 bits per heavy atom. The molecule has 0 saturated carbocycles. The molecule has 39 heavy (non-hydrogen) atoms. The summed E-state index contributed by atoms with van der Waals surface area (Å²) in [7, 11) is 0. The van der Waals surface area contributed by atoms with Crippen LogP contribution in [0.2, 0.25) is 0 Å². The average Bonchev–Trinajstić information content (AvgIpc) is 2.91. The van der Waals surface area contributed by atoms with E-state index in [1.54, 1.807) is 39.8 Å². The number of esters is 1. The maximum absolute atomic E-state index is 12.9. The smallest absolute Gasteiger partial charge is 0.408 e. The lowest BCUT2D eigenvalue weighted by molar-refractivity contribution is -0.152. The Hall–Kier alpha value is -4.04. The normalized spacial score (nSPS) is 12.6. The van der Waals surface area contributed by atoms with E-state index in [1.807, 2.05) is 66.7 Å². The first kappa shape index (κ1) is 29.5. The molecular weight excluding hydrogens is 498 g/mol. The molecule has 8 nitrogen and oxygen atoms in total. The number of nitrogens with one attached hydrogen (secondary N) is 1. The van der Waals surface area contributed by atoms with Crippen molar-refractivity contribution in [1.82, 2.24) is 5.32 Å². The molecule has 0 fully saturated rings. The van der Waals surface area contributed by atoms with Gasteiger partial charge in [-0.1, -0.05) is 66.7 Å². The van der Waals surface area contributed by atoms with E-state index < -0.39 is 29.8 Å². The summed E-state index contributed by atoms with van der Waals surface area (Å²) in [5.41, 5.74) is 1.97. The molecule has 3 aromatic rings. The van der Waals surface area contributed by atoms with Gasteiger partial charge in [-0.2, -0.15) is 0 Å². The molecule has 2 atom stereocenters. The molecule has 3 aromatic carbocycles. The third kappa shape index (κ3) is 10.3. The Morgan fingerprint density at radius 3 is 1.92 bits per heavy atom. The number of hydrogen-bond donors (Lipinski definition) is 2. The van der Waals surface area contributed by atoms with Crippen LogP contribution in [0.25, 0.3) is 0 Å². The van der Waals surface area contributed by atoms with E-state index in [-0.39, 0.29) is 13.0 Å². The molecule has 2 N–H and O–H groups in total. The molecule has 3 rings (SSSR count). The highest BCUT2D eigenvalue weighted by Crippen LogP contribution is 2.31. The van der Waals surface area contributed by atoms with Crippen LogP contribution in [-0.2, 0) is 33.9 Å². The van der Waals surface area contributed by atoms with Crippen molar-refractivity contribution >= 4 is 12.1 Å². The van der Waals surface area contributed by atoms with Crippen molar-refractivity contribution < 1.29 is 33.6 Å². The highest BCUT2D eigenvalue weighted by Gasteiger charge is 2.27. The van der Waals surface area contributed by atoms with Crippen molar-refractivity contribution in [2.75, 3.05) is 6.61 Å². The Bertz CT molecular complexity index is 1190. The summed E-state index contributed by atoms with van der Waals surface area (Å²) in [6.45, 7) is 7.11. The number of amides is 1. The summed E-state index contributed by atoms with van der Waals surface area (Å²) in [5.74, 6) is 0.366. The Kier molecular flexibility index (Phi) is 10.8. The summed E-state index contributed by atoms with van der Waals surface area (Å²) in [6, 6.07) is 23.9. The molecule has 0 saturated heterocycles. The van der Waals surface area contributed by atoms with E-state index in [2.05, 4.69) is 5.32 Å². The Balaban J connectivity index is 1.82. The van der Waals surface area contributed by atoms with Gasteiger partial charge in [-0.05, 0) is 56.5 Å². The standard InChI is InChI=1S/C31H37NO7/c1-22(19-33)38-29(34)26(32-30(35)39-31(2,3)4)17-25-15-16-27(36-20-23-11-7-5-8-12-23)28(18-25)37-21-24-13-9-6-10-14-24/h5-16,18,22,26,33H,17,19-21H2,1-4H3,(H,32,35)/t22-,26+/m1/s1. The second kappa shape index (κ2) is 14.2. The SMILES string of the molecule is C[C@H](CO)OC(=O)[C@H](Cc1ccc(OCc2ccccc2)c(OCc2ccccc2)c1)NC(=O)OC(C)(C)C. The van der Waals surface area contributed by atoms with Crippen molar-refractivity contribution in [2.45, 2.75) is 65.1 Å². The number of carbonyl (C=O) groups is 2. The Labute approximate surface area is 229 Å². The minimum atomic E-state index is -1.05. The molecule has 0 aliphatic rings. The van der Waals surface area contributed by atoms with E-state index in [0.717, 1.165) is 11.1 Å². The van der Waals surface area contributed by atoms with E-state index in [4.69, 9.17) is 18.9 Å². The zero-order chi connectivity index (χ0) is 28.3. The van der Waals surface area contributed by atoms with Gasteiger partial charge < -0.3 is 29.4 Å². The summed E-state index contributed by atoms with van der Waals surface area (Å²) >= 11 is 0. The van der Waals surface area contributed by atoms with Crippen LogP contribution >= 0.6 is 0 Å². The fraction of sp³-hybridized carbons (Fsp3) is 0.355. The molecule has 0 heterocycles. The van der Waals surface area contributed by atoms with E-state index in [1.165, 1.54) is 0 Å². The number of ether oxygens (including phenoxy) is 4. The second-order valence-corrected chi connectivity index (χ2v) is 10.2. The van der Waals surface area contributed by atoms with Crippen LogP contribution in [0.4, 0.5) is 4.79 Å². The maximum Gasteiger partial charge on any atom is 0.408 e. The average molecular weight is 536 g/mol. The number of aliphatic hydroxyl groups is 1. The van der Waals surface area contributed by atoms with Gasteiger partial charge in [0, 0.05) is 6.42 Å². The summed E-state index contributed by atoms with van der Waals surface area (Å²) in [6.07, 6.45) is -1.36. The van der Waals surface area contributed by atoms with Gasteiger partial charge >= 0.3 is 12.1 Å². The van der Waals surface area contributed by atoms with Crippen molar-refractivity contribution in [2.24, 2.45) is 0 Å². The van der Waals surface area contributed by atoms with E-state index in [9.17, 15) is 14.7 Å². The molecule has 208 valence electrons. The highest BCUT2D eigenvalue weighted by atomic mass is 16.6. The minimum Gasteiger partial charge on any atom is -0.485 e. The van der Waals surface area contributed by atoms with Crippen molar-refractivity contribution in [1.29, 1.82) is 0 Å². The molecule has 1 amide bonds. The molecular formula is C31H37NO7. The molecule has 0 spiro atoms. The largest absolute Gasteiger partial charge is 0.485 e. The van der Waals surface area contributed by atoms with Crippen LogP contribution in [0.5, 0.6) is 11.5 Å². The van der Waals surface area contributed by atoms with Gasteiger partial charge in [0.1, 0.15) is 31.0 Å². The van der Waals surface area contributed by atoms with Gasteiger partial charge in [-0.15, -0.1) is 0 Å². The number of carbonyl (C=O) groups excluding carboxylic acids is 2. The van der Waals surface area contributed by atoms with E-state index >= 15 is 0 Å². The fourth-order valence-corrected chi connectivity index (χ4v) is 3.58. The molecule has 0 aromatic heterocycles. The van der Waals surface area contributed by atoms with Crippen LogP contribution in [0.15, 0.2) is 78.9 Å². The van der Waals surface area contributed by atoms with Gasteiger partial charge in [-0.25, -0.2) is 9.59 Å². The summed E-state index contributed by atoms with van der Waals surface area (Å²) in [5, 5.41) is 11.9. The quantitative estimate of drug-likeness (QED) is 0.307. The third-order valence-corrected chi connectivity index (χ3v) is 5.47. The van der Waals surface area contributed by atoms with Crippen LogP contribution in [-0.4, -0.2) is 41.5 Å². The van der Waals surface area contributed by atoms with Crippen LogP contribution < -0.4 is 14.8 Å². The predicted molar refractivity (Wildman–Crippen MR) is 147 cm³/mol. The van der Waals surface area contributed by atoms with Crippen molar-refractivity contribution in [3.05, 3.63) is 95.6 Å². The van der Waals surface area contributed by atoms with Gasteiger partial charge in [0.05, 0.1) is 6.61 Å². The first-order valence-corrected chi connectivity index (χ1v) is 12.9. The number of rotatable bonds is 12. The third-order valence-electron chi connectivity index (χ3n) is 5.47. The monoisotopic (exact) mass is 535 g/mol. The number of hydrogen-bond acceptors (Lipinski definition) is 7. The van der Waals surface area contributed by atoms with Gasteiger partial charge in [0.15, 0.2) is 11.5 Å². The lowest BCUT2D eigenvalue weighted by Crippen LogP contribution is -2.46. The van der Waals surface area contributed by atoms with Gasteiger partial charge in [0.2, 0.25) is 0 Å².